The second kappa shape index (κ2) is 11.0. The molecule has 0 saturated carbocycles. The van der Waals surface area contributed by atoms with E-state index in [1.807, 2.05) is 27.8 Å². The lowest BCUT2D eigenvalue weighted by molar-refractivity contribution is 0.0131. The molecule has 2 N–H and O–H groups in total. The highest BCUT2D eigenvalue weighted by Gasteiger charge is 2.29. The molecule has 1 amide bonds. The first-order valence-corrected chi connectivity index (χ1v) is 10.9. The van der Waals surface area contributed by atoms with E-state index in [0.29, 0.717) is 12.0 Å². The number of likely N-dealkylation sites (tertiary alicyclic amines) is 1. The second-order valence-corrected chi connectivity index (χ2v) is 9.44. The van der Waals surface area contributed by atoms with Gasteiger partial charge in [-0.05, 0) is 39.5 Å². The van der Waals surface area contributed by atoms with Crippen LogP contribution in [0.1, 0.15) is 47.5 Å². The number of nitrogens with zero attached hydrogens (tertiary/aromatic N) is 3. The zero-order chi connectivity index (χ0) is 21.4. The number of morpholine rings is 1. The molecular formula is C21H41N5O3. The van der Waals surface area contributed by atoms with E-state index >= 15 is 0 Å². The van der Waals surface area contributed by atoms with Crippen LogP contribution in [0.3, 0.4) is 0 Å². The quantitative estimate of drug-likeness (QED) is 0.514. The Morgan fingerprint density at radius 3 is 2.52 bits per heavy atom. The van der Waals surface area contributed by atoms with E-state index in [9.17, 15) is 4.79 Å². The third-order valence-electron chi connectivity index (χ3n) is 5.22. The van der Waals surface area contributed by atoms with Gasteiger partial charge in [-0.1, -0.05) is 13.8 Å². The largest absolute Gasteiger partial charge is 0.444 e. The van der Waals surface area contributed by atoms with Crippen LogP contribution in [-0.2, 0) is 9.47 Å². The number of amides is 1. The van der Waals surface area contributed by atoms with Crippen molar-refractivity contribution in [1.29, 1.82) is 0 Å². The molecule has 0 bridgehead atoms. The number of rotatable bonds is 6. The van der Waals surface area contributed by atoms with Gasteiger partial charge in [0.25, 0.3) is 0 Å². The third kappa shape index (κ3) is 8.38. The predicted octanol–water partition coefficient (Wildman–Crippen LogP) is 1.91. The van der Waals surface area contributed by atoms with Gasteiger partial charge in [0.1, 0.15) is 5.60 Å². The summed E-state index contributed by atoms with van der Waals surface area (Å²) in [6.45, 7) is 16.3. The molecule has 2 aliphatic heterocycles. The molecule has 2 atom stereocenters. The first kappa shape index (κ1) is 23.7. The van der Waals surface area contributed by atoms with E-state index in [1.165, 1.54) is 0 Å². The molecule has 2 aliphatic rings. The number of alkyl carbamates (subject to hydrolysis) is 1. The zero-order valence-electron chi connectivity index (χ0n) is 19.2. The number of hydrogen-bond acceptors (Lipinski definition) is 5. The molecule has 8 nitrogen and oxygen atoms in total. The first-order valence-electron chi connectivity index (χ1n) is 10.9. The van der Waals surface area contributed by atoms with Crippen molar-refractivity contribution in [3.8, 4) is 0 Å². The summed E-state index contributed by atoms with van der Waals surface area (Å²) in [5.41, 5.74) is -0.481. The first-order chi connectivity index (χ1) is 13.7. The number of guanidine groups is 1. The zero-order valence-corrected chi connectivity index (χ0v) is 19.2. The van der Waals surface area contributed by atoms with Crippen LogP contribution in [-0.4, -0.2) is 92.5 Å². The maximum atomic E-state index is 12.0. The van der Waals surface area contributed by atoms with E-state index in [0.717, 1.165) is 64.7 Å². The summed E-state index contributed by atoms with van der Waals surface area (Å²) in [6.07, 6.45) is 1.68. The van der Waals surface area contributed by atoms with Crippen molar-refractivity contribution in [3.63, 3.8) is 0 Å². The topological polar surface area (TPSA) is 78.4 Å². The van der Waals surface area contributed by atoms with Gasteiger partial charge in [-0.2, -0.15) is 0 Å². The summed E-state index contributed by atoms with van der Waals surface area (Å²) in [6, 6.07) is 0.544. The Balaban J connectivity index is 1.84. The highest BCUT2D eigenvalue weighted by molar-refractivity contribution is 5.80. The molecule has 2 saturated heterocycles. The summed E-state index contributed by atoms with van der Waals surface area (Å²) in [5.74, 6) is 1.54. The van der Waals surface area contributed by atoms with E-state index in [4.69, 9.17) is 9.47 Å². The van der Waals surface area contributed by atoms with Crippen molar-refractivity contribution in [2.24, 2.45) is 10.9 Å². The average Bonchev–Trinajstić information content (AvgIpc) is 3.08. The standard InChI is InChI=1S/C21H41N5O3/c1-16(2)13-18(25-9-11-28-12-10-25)14-23-19(22-6)26-8-7-17(15-26)24-20(27)29-21(3,4)5/h16-18H,7-15H2,1-6H3,(H,22,23)(H,24,27). The molecule has 168 valence electrons. The van der Waals surface area contributed by atoms with Gasteiger partial charge in [-0.25, -0.2) is 4.79 Å². The molecule has 0 spiro atoms. The normalized spacial score (nSPS) is 22.7. The molecule has 0 radical (unpaired) electrons. The average molecular weight is 412 g/mol. The van der Waals surface area contributed by atoms with Crippen molar-refractivity contribution in [3.05, 3.63) is 0 Å². The highest BCUT2D eigenvalue weighted by Crippen LogP contribution is 2.15. The van der Waals surface area contributed by atoms with Gasteiger partial charge in [0.2, 0.25) is 0 Å². The van der Waals surface area contributed by atoms with E-state index < -0.39 is 5.60 Å². The summed E-state index contributed by atoms with van der Waals surface area (Å²) in [4.78, 5) is 21.3. The Hall–Kier alpha value is -1.54. The minimum Gasteiger partial charge on any atom is -0.444 e. The van der Waals surface area contributed by atoms with Crippen molar-refractivity contribution in [1.82, 2.24) is 20.4 Å². The molecular weight excluding hydrogens is 370 g/mol. The van der Waals surface area contributed by atoms with Crippen LogP contribution in [0.25, 0.3) is 0 Å². The fourth-order valence-electron chi connectivity index (χ4n) is 3.93. The van der Waals surface area contributed by atoms with Crippen molar-refractivity contribution >= 4 is 12.1 Å². The van der Waals surface area contributed by atoms with Crippen molar-refractivity contribution < 1.29 is 14.3 Å². The molecule has 0 aromatic rings. The van der Waals surface area contributed by atoms with E-state index in [-0.39, 0.29) is 12.1 Å². The molecule has 0 aromatic heterocycles. The lowest BCUT2D eigenvalue weighted by atomic mass is 10.0. The Kier molecular flexibility index (Phi) is 9.02. The van der Waals surface area contributed by atoms with Gasteiger partial charge in [0, 0.05) is 45.8 Å². The molecule has 2 heterocycles. The third-order valence-corrected chi connectivity index (χ3v) is 5.22. The predicted molar refractivity (Wildman–Crippen MR) is 116 cm³/mol. The number of nitrogens with one attached hydrogen (secondary N) is 2. The van der Waals surface area contributed by atoms with Crippen LogP contribution in [0.15, 0.2) is 4.99 Å². The molecule has 0 aromatic carbocycles. The minimum absolute atomic E-state index is 0.0779. The SMILES string of the molecule is CN=C(NCC(CC(C)C)N1CCOCC1)N1CCC(NC(=O)OC(C)(C)C)C1. The highest BCUT2D eigenvalue weighted by atomic mass is 16.6. The van der Waals surface area contributed by atoms with E-state index in [1.54, 1.807) is 0 Å². The van der Waals surface area contributed by atoms with Gasteiger partial charge in [-0.15, -0.1) is 0 Å². The second-order valence-electron chi connectivity index (χ2n) is 9.44. The van der Waals surface area contributed by atoms with Crippen LogP contribution in [0.2, 0.25) is 0 Å². The van der Waals surface area contributed by atoms with Crippen molar-refractivity contribution in [2.75, 3.05) is 53.0 Å². The number of aliphatic imine (C=N–C) groups is 1. The Labute approximate surface area is 176 Å². The van der Waals surface area contributed by atoms with Gasteiger partial charge < -0.3 is 25.0 Å². The molecule has 8 heteroatoms. The van der Waals surface area contributed by atoms with Gasteiger partial charge in [0.15, 0.2) is 5.96 Å². The molecule has 2 rings (SSSR count). The molecule has 2 fully saturated rings. The van der Waals surface area contributed by atoms with E-state index in [2.05, 4.69) is 39.3 Å². The lowest BCUT2D eigenvalue weighted by Crippen LogP contribution is -2.51. The van der Waals surface area contributed by atoms with Gasteiger partial charge in [-0.3, -0.25) is 9.89 Å². The number of ether oxygens (including phenoxy) is 2. The smallest absolute Gasteiger partial charge is 0.407 e. The summed E-state index contributed by atoms with van der Waals surface area (Å²) >= 11 is 0. The lowest BCUT2D eigenvalue weighted by Gasteiger charge is -2.36. The van der Waals surface area contributed by atoms with Crippen LogP contribution in [0, 0.1) is 5.92 Å². The van der Waals surface area contributed by atoms with Gasteiger partial charge >= 0.3 is 6.09 Å². The fourth-order valence-corrected chi connectivity index (χ4v) is 3.93. The molecule has 0 aliphatic carbocycles. The van der Waals surface area contributed by atoms with Crippen LogP contribution in [0.4, 0.5) is 4.79 Å². The Morgan fingerprint density at radius 1 is 1.24 bits per heavy atom. The molecule has 29 heavy (non-hydrogen) atoms. The Morgan fingerprint density at radius 2 is 1.93 bits per heavy atom. The summed E-state index contributed by atoms with van der Waals surface area (Å²) in [5, 5.41) is 6.56. The summed E-state index contributed by atoms with van der Waals surface area (Å²) in [7, 11) is 1.82. The summed E-state index contributed by atoms with van der Waals surface area (Å²) < 4.78 is 10.9. The Bertz CT molecular complexity index is 541. The van der Waals surface area contributed by atoms with Gasteiger partial charge in [0.05, 0.1) is 19.3 Å². The van der Waals surface area contributed by atoms with Crippen LogP contribution in [0.5, 0.6) is 0 Å². The molecule has 2 unspecified atom stereocenters. The number of carbonyl (C=O) groups excluding carboxylic acids is 1. The van der Waals surface area contributed by atoms with Crippen LogP contribution >= 0.6 is 0 Å². The van der Waals surface area contributed by atoms with Crippen molar-refractivity contribution in [2.45, 2.75) is 65.1 Å². The number of carbonyl (C=O) groups is 1. The monoisotopic (exact) mass is 411 g/mol. The maximum Gasteiger partial charge on any atom is 0.407 e. The number of hydrogen-bond donors (Lipinski definition) is 2. The maximum absolute atomic E-state index is 12.0. The fraction of sp³-hybridized carbons (Fsp3) is 0.905. The van der Waals surface area contributed by atoms with Crippen LogP contribution < -0.4 is 10.6 Å². The minimum atomic E-state index is -0.481.